The van der Waals surface area contributed by atoms with E-state index >= 15 is 0 Å². The van der Waals surface area contributed by atoms with Crippen molar-refractivity contribution in [1.29, 1.82) is 0 Å². The molecule has 0 saturated heterocycles. The van der Waals surface area contributed by atoms with Gasteiger partial charge in [0.15, 0.2) is 0 Å². The highest BCUT2D eigenvalue weighted by molar-refractivity contribution is 9.10. The lowest BCUT2D eigenvalue weighted by molar-refractivity contribution is 0.102. The van der Waals surface area contributed by atoms with Crippen LogP contribution in [0, 0.1) is 0 Å². The first-order chi connectivity index (χ1) is 9.38. The summed E-state index contributed by atoms with van der Waals surface area (Å²) in [5, 5.41) is 2.88. The molecule has 0 aliphatic rings. The number of anilines is 1. The second-order valence-electron chi connectivity index (χ2n) is 5.76. The monoisotopic (exact) mass is 331 g/mol. The summed E-state index contributed by atoms with van der Waals surface area (Å²) < 4.78 is 0.964. The fourth-order valence-corrected chi connectivity index (χ4v) is 2.96. The van der Waals surface area contributed by atoms with Gasteiger partial charge in [0.25, 0.3) is 5.91 Å². The zero-order valence-corrected chi connectivity index (χ0v) is 13.5. The van der Waals surface area contributed by atoms with Crippen LogP contribution in [0.15, 0.2) is 53.0 Å². The van der Waals surface area contributed by atoms with Crippen molar-refractivity contribution in [3.05, 3.63) is 64.1 Å². The third-order valence-corrected chi connectivity index (χ3v) is 3.73. The first-order valence-corrected chi connectivity index (χ1v) is 7.33. The van der Waals surface area contributed by atoms with E-state index in [-0.39, 0.29) is 11.3 Å². The molecule has 2 rings (SSSR count). The molecule has 104 valence electrons. The van der Waals surface area contributed by atoms with Gasteiger partial charge >= 0.3 is 0 Å². The van der Waals surface area contributed by atoms with Crippen LogP contribution < -0.4 is 5.32 Å². The van der Waals surface area contributed by atoms with Gasteiger partial charge in [-0.05, 0) is 35.2 Å². The van der Waals surface area contributed by atoms with Crippen molar-refractivity contribution in [2.45, 2.75) is 26.2 Å². The maximum Gasteiger partial charge on any atom is 0.255 e. The molecule has 2 aromatic carbocycles. The van der Waals surface area contributed by atoms with E-state index in [0.717, 1.165) is 10.2 Å². The van der Waals surface area contributed by atoms with E-state index in [0.29, 0.717) is 5.56 Å². The fraction of sp³-hybridized carbons (Fsp3) is 0.235. The van der Waals surface area contributed by atoms with Gasteiger partial charge in [0.05, 0.1) is 0 Å². The second-order valence-corrected chi connectivity index (χ2v) is 6.62. The number of hydrogen-bond acceptors (Lipinski definition) is 1. The van der Waals surface area contributed by atoms with Gasteiger partial charge in [-0.25, -0.2) is 0 Å². The van der Waals surface area contributed by atoms with Crippen LogP contribution in [0.1, 0.15) is 36.7 Å². The number of benzene rings is 2. The van der Waals surface area contributed by atoms with Crippen molar-refractivity contribution in [2.24, 2.45) is 0 Å². The lowest BCUT2D eigenvalue weighted by Crippen LogP contribution is -2.15. The maximum atomic E-state index is 12.2. The van der Waals surface area contributed by atoms with Crippen molar-refractivity contribution in [3.8, 4) is 0 Å². The van der Waals surface area contributed by atoms with Crippen LogP contribution in [0.4, 0.5) is 5.69 Å². The summed E-state index contributed by atoms with van der Waals surface area (Å²) in [6.07, 6.45) is 0. The third kappa shape index (κ3) is 3.48. The smallest absolute Gasteiger partial charge is 0.255 e. The Bertz CT molecular complexity index is 615. The number of rotatable bonds is 2. The molecule has 1 amide bonds. The number of halogens is 1. The number of carbonyl (C=O) groups is 1. The molecule has 0 fully saturated rings. The number of nitrogens with one attached hydrogen (secondary N) is 1. The zero-order chi connectivity index (χ0) is 14.8. The molecule has 3 heteroatoms. The Morgan fingerprint density at radius 1 is 1.05 bits per heavy atom. The largest absolute Gasteiger partial charge is 0.322 e. The molecule has 0 aromatic heterocycles. The Hall–Kier alpha value is -1.61. The van der Waals surface area contributed by atoms with Gasteiger partial charge in [-0.3, -0.25) is 4.79 Å². The third-order valence-electron chi connectivity index (χ3n) is 3.07. The van der Waals surface area contributed by atoms with Gasteiger partial charge in [-0.15, -0.1) is 0 Å². The Balaban J connectivity index is 2.22. The maximum absolute atomic E-state index is 12.2. The van der Waals surface area contributed by atoms with Gasteiger partial charge in [0, 0.05) is 15.7 Å². The van der Waals surface area contributed by atoms with Crippen molar-refractivity contribution in [2.75, 3.05) is 5.32 Å². The number of hydrogen-bond donors (Lipinski definition) is 1. The van der Waals surface area contributed by atoms with E-state index in [4.69, 9.17) is 0 Å². The highest BCUT2D eigenvalue weighted by Gasteiger charge is 2.18. The first-order valence-electron chi connectivity index (χ1n) is 6.54. The lowest BCUT2D eigenvalue weighted by Gasteiger charge is -2.21. The minimum absolute atomic E-state index is 0.0489. The summed E-state index contributed by atoms with van der Waals surface area (Å²) in [6.45, 7) is 6.45. The van der Waals surface area contributed by atoms with Crippen LogP contribution in [0.3, 0.4) is 0 Å². The molecule has 0 spiro atoms. The quantitative estimate of drug-likeness (QED) is 0.824. The Morgan fingerprint density at radius 2 is 1.70 bits per heavy atom. The summed E-state index contributed by atoms with van der Waals surface area (Å²) in [5.74, 6) is -0.0997. The van der Waals surface area contributed by atoms with E-state index in [9.17, 15) is 4.79 Å². The van der Waals surface area contributed by atoms with E-state index < -0.39 is 0 Å². The van der Waals surface area contributed by atoms with E-state index in [1.807, 2.05) is 48.5 Å². The normalized spacial score (nSPS) is 11.2. The second kappa shape index (κ2) is 5.80. The van der Waals surface area contributed by atoms with Crippen LogP contribution in [0.25, 0.3) is 0 Å². The lowest BCUT2D eigenvalue weighted by atomic mass is 9.86. The van der Waals surface area contributed by atoms with Gasteiger partial charge in [0.1, 0.15) is 0 Å². The molecule has 20 heavy (non-hydrogen) atoms. The molecule has 0 radical (unpaired) electrons. The number of carbonyl (C=O) groups excluding carboxylic acids is 1. The summed E-state index contributed by atoms with van der Waals surface area (Å²) in [5.41, 5.74) is 2.68. The highest BCUT2D eigenvalue weighted by atomic mass is 79.9. The average Bonchev–Trinajstić information content (AvgIpc) is 2.38. The van der Waals surface area contributed by atoms with Gasteiger partial charge < -0.3 is 5.32 Å². The summed E-state index contributed by atoms with van der Waals surface area (Å²) in [6, 6.07) is 15.2. The van der Waals surface area contributed by atoms with Gasteiger partial charge in [-0.2, -0.15) is 0 Å². The molecule has 0 saturated carbocycles. The molecule has 1 N–H and O–H groups in total. The number of amides is 1. The molecule has 0 unspecified atom stereocenters. The Kier molecular flexibility index (Phi) is 4.29. The van der Waals surface area contributed by atoms with E-state index in [1.54, 1.807) is 0 Å². The van der Waals surface area contributed by atoms with Crippen molar-refractivity contribution in [3.63, 3.8) is 0 Å². The van der Waals surface area contributed by atoms with Crippen molar-refractivity contribution >= 4 is 27.5 Å². The molecular formula is C17H18BrNO. The molecule has 0 atom stereocenters. The summed E-state index contributed by atoms with van der Waals surface area (Å²) in [7, 11) is 0. The fourth-order valence-electron chi connectivity index (χ4n) is 1.99. The molecule has 2 nitrogen and oxygen atoms in total. The minimum atomic E-state index is -0.0997. The van der Waals surface area contributed by atoms with Crippen LogP contribution in [0.2, 0.25) is 0 Å². The summed E-state index contributed by atoms with van der Waals surface area (Å²) >= 11 is 3.56. The van der Waals surface area contributed by atoms with Gasteiger partial charge in [0.2, 0.25) is 0 Å². The predicted octanol–water partition coefficient (Wildman–Crippen LogP) is 5.00. The van der Waals surface area contributed by atoms with Crippen LogP contribution >= 0.6 is 15.9 Å². The minimum Gasteiger partial charge on any atom is -0.322 e. The molecular weight excluding hydrogens is 314 g/mol. The van der Waals surface area contributed by atoms with Crippen molar-refractivity contribution < 1.29 is 4.79 Å². The molecule has 0 bridgehead atoms. The van der Waals surface area contributed by atoms with Gasteiger partial charge in [-0.1, -0.05) is 61.0 Å². The SMILES string of the molecule is CC(C)(C)c1ccc(C(=O)Nc2ccccc2)cc1Br. The Morgan fingerprint density at radius 3 is 2.25 bits per heavy atom. The highest BCUT2D eigenvalue weighted by Crippen LogP contribution is 2.30. The van der Waals surface area contributed by atoms with Crippen LogP contribution in [0.5, 0.6) is 0 Å². The van der Waals surface area contributed by atoms with E-state index in [1.165, 1.54) is 5.56 Å². The predicted molar refractivity (Wildman–Crippen MR) is 87.2 cm³/mol. The average molecular weight is 332 g/mol. The van der Waals surface area contributed by atoms with Crippen LogP contribution in [-0.2, 0) is 5.41 Å². The molecule has 0 aliphatic carbocycles. The standard InChI is InChI=1S/C17H18BrNO/c1-17(2,3)14-10-9-12(11-15(14)18)16(20)19-13-7-5-4-6-8-13/h4-11H,1-3H3,(H,19,20). The topological polar surface area (TPSA) is 29.1 Å². The van der Waals surface area contributed by atoms with Crippen LogP contribution in [-0.4, -0.2) is 5.91 Å². The van der Waals surface area contributed by atoms with E-state index in [2.05, 4.69) is 42.0 Å². The first kappa shape index (κ1) is 14.8. The molecule has 2 aromatic rings. The summed E-state index contributed by atoms with van der Waals surface area (Å²) in [4.78, 5) is 12.2. The zero-order valence-electron chi connectivity index (χ0n) is 11.9. The Labute approximate surface area is 128 Å². The number of para-hydroxylation sites is 1. The molecule has 0 heterocycles. The molecule has 0 aliphatic heterocycles. The van der Waals surface area contributed by atoms with Crippen molar-refractivity contribution in [1.82, 2.24) is 0 Å².